The van der Waals surface area contributed by atoms with Gasteiger partial charge in [0.25, 0.3) is 5.56 Å². The average Bonchev–Trinajstić information content (AvgIpc) is 2.86. The van der Waals surface area contributed by atoms with Gasteiger partial charge in [0.2, 0.25) is 0 Å². The average molecular weight is 356 g/mol. The lowest BCUT2D eigenvalue weighted by atomic mass is 10.1. The number of hydrogen-bond donors (Lipinski definition) is 1. The Kier molecular flexibility index (Phi) is 5.27. The number of aromatic amines is 1. The van der Waals surface area contributed by atoms with Crippen molar-refractivity contribution in [2.24, 2.45) is 0 Å². The predicted molar refractivity (Wildman–Crippen MR) is 103 cm³/mol. The zero-order valence-electron chi connectivity index (χ0n) is 15.2. The number of H-pyrrole nitrogens is 1. The Balaban J connectivity index is 1.87. The zero-order chi connectivity index (χ0) is 18.0. The number of imidazole rings is 1. The van der Waals surface area contributed by atoms with E-state index >= 15 is 0 Å². The van der Waals surface area contributed by atoms with Crippen molar-refractivity contribution < 1.29 is 0 Å². The van der Waals surface area contributed by atoms with Gasteiger partial charge in [0.1, 0.15) is 5.82 Å². The molecule has 5 nitrogen and oxygen atoms in total. The molecule has 0 aliphatic heterocycles. The Hall–Kier alpha value is -2.08. The van der Waals surface area contributed by atoms with E-state index in [0.29, 0.717) is 17.0 Å². The van der Waals surface area contributed by atoms with Gasteiger partial charge in [0.05, 0.1) is 22.3 Å². The summed E-state index contributed by atoms with van der Waals surface area (Å²) in [6, 6.07) is 5.68. The summed E-state index contributed by atoms with van der Waals surface area (Å²) in [6.07, 6.45) is 2.29. The Labute approximate surface area is 151 Å². The summed E-state index contributed by atoms with van der Waals surface area (Å²) in [5.74, 6) is 1.29. The van der Waals surface area contributed by atoms with Gasteiger partial charge in [-0.3, -0.25) is 4.79 Å². The normalized spacial score (nSPS) is 11.4. The molecule has 0 saturated heterocycles. The van der Waals surface area contributed by atoms with E-state index in [1.807, 2.05) is 32.0 Å². The number of hydrogen-bond acceptors (Lipinski definition) is 4. The fourth-order valence-electron chi connectivity index (χ4n) is 2.87. The maximum atomic E-state index is 12.3. The lowest BCUT2D eigenvalue weighted by molar-refractivity contribution is 0.575. The molecule has 0 saturated carbocycles. The first kappa shape index (κ1) is 17.7. The van der Waals surface area contributed by atoms with Crippen molar-refractivity contribution in [1.29, 1.82) is 0 Å². The second-order valence-corrected chi connectivity index (χ2v) is 7.29. The van der Waals surface area contributed by atoms with Crippen LogP contribution in [0.25, 0.3) is 10.9 Å². The van der Waals surface area contributed by atoms with Crippen LogP contribution in [0.1, 0.15) is 42.5 Å². The molecule has 2 heterocycles. The number of aromatic nitrogens is 4. The van der Waals surface area contributed by atoms with E-state index in [1.165, 1.54) is 5.69 Å². The van der Waals surface area contributed by atoms with Crippen LogP contribution in [0.15, 0.2) is 28.2 Å². The highest BCUT2D eigenvalue weighted by atomic mass is 32.2. The largest absolute Gasteiger partial charge is 0.323 e. The second-order valence-electron chi connectivity index (χ2n) is 6.34. The monoisotopic (exact) mass is 356 g/mol. The van der Waals surface area contributed by atoms with Gasteiger partial charge in [0, 0.05) is 12.2 Å². The first-order chi connectivity index (χ1) is 12.0. The number of fused-ring (bicyclic) bond motifs is 1. The molecule has 3 rings (SSSR count). The Morgan fingerprint density at radius 1 is 1.20 bits per heavy atom. The third-order valence-corrected chi connectivity index (χ3v) is 5.47. The Morgan fingerprint density at radius 3 is 2.76 bits per heavy atom. The van der Waals surface area contributed by atoms with Crippen LogP contribution in [0, 0.1) is 20.8 Å². The summed E-state index contributed by atoms with van der Waals surface area (Å²) >= 11 is 1.63. The third kappa shape index (κ3) is 3.63. The number of aryl methyl sites for hydroxylation is 2. The van der Waals surface area contributed by atoms with E-state index in [9.17, 15) is 4.79 Å². The van der Waals surface area contributed by atoms with E-state index in [4.69, 9.17) is 0 Å². The molecule has 6 heteroatoms. The Bertz CT molecular complexity index is 958. The molecule has 25 heavy (non-hydrogen) atoms. The van der Waals surface area contributed by atoms with Crippen molar-refractivity contribution in [1.82, 2.24) is 19.5 Å². The molecule has 0 fully saturated rings. The lowest BCUT2D eigenvalue weighted by Gasteiger charge is -2.09. The lowest BCUT2D eigenvalue weighted by Crippen LogP contribution is -2.12. The van der Waals surface area contributed by atoms with Crippen LogP contribution in [0.2, 0.25) is 0 Å². The van der Waals surface area contributed by atoms with Crippen LogP contribution in [0.5, 0.6) is 0 Å². The zero-order valence-corrected chi connectivity index (χ0v) is 16.0. The molecule has 1 N–H and O–H groups in total. The van der Waals surface area contributed by atoms with Crippen LogP contribution in [0.3, 0.4) is 0 Å². The summed E-state index contributed by atoms with van der Waals surface area (Å²) in [4.78, 5) is 24.6. The number of thioether (sulfide) groups is 1. The SMILES string of the molecule is CCCCn1c(SCc2nc3c(C)cccc3c(=O)[nH]2)nc(C)c1C. The van der Waals surface area contributed by atoms with Crippen LogP contribution in [-0.4, -0.2) is 19.5 Å². The van der Waals surface area contributed by atoms with Crippen molar-refractivity contribution >= 4 is 22.7 Å². The van der Waals surface area contributed by atoms with E-state index in [2.05, 4.69) is 33.4 Å². The maximum absolute atomic E-state index is 12.3. The quantitative estimate of drug-likeness (QED) is 0.674. The van der Waals surface area contributed by atoms with Gasteiger partial charge in [-0.2, -0.15) is 0 Å². The molecular formula is C19H24N4OS. The first-order valence-corrected chi connectivity index (χ1v) is 9.65. The van der Waals surface area contributed by atoms with Crippen LogP contribution in [-0.2, 0) is 12.3 Å². The van der Waals surface area contributed by atoms with Gasteiger partial charge in [-0.05, 0) is 38.8 Å². The molecule has 132 valence electrons. The molecule has 0 bridgehead atoms. The summed E-state index contributed by atoms with van der Waals surface area (Å²) in [7, 11) is 0. The summed E-state index contributed by atoms with van der Waals surface area (Å²) < 4.78 is 2.27. The fourth-order valence-corrected chi connectivity index (χ4v) is 3.85. The van der Waals surface area contributed by atoms with E-state index in [0.717, 1.165) is 41.3 Å². The molecule has 1 aromatic carbocycles. The van der Waals surface area contributed by atoms with Crippen LogP contribution in [0.4, 0.5) is 0 Å². The van der Waals surface area contributed by atoms with Crippen molar-refractivity contribution in [3.8, 4) is 0 Å². The van der Waals surface area contributed by atoms with E-state index < -0.39 is 0 Å². The second kappa shape index (κ2) is 7.44. The highest BCUT2D eigenvalue weighted by Crippen LogP contribution is 2.24. The third-order valence-electron chi connectivity index (χ3n) is 4.48. The highest BCUT2D eigenvalue weighted by Gasteiger charge is 2.13. The molecule has 0 aliphatic carbocycles. The Morgan fingerprint density at radius 2 is 2.00 bits per heavy atom. The molecule has 3 aromatic rings. The van der Waals surface area contributed by atoms with E-state index in [-0.39, 0.29) is 5.56 Å². The van der Waals surface area contributed by atoms with E-state index in [1.54, 1.807) is 11.8 Å². The van der Waals surface area contributed by atoms with Crippen molar-refractivity contribution in [2.45, 2.75) is 58.0 Å². The van der Waals surface area contributed by atoms with Crippen molar-refractivity contribution in [3.05, 3.63) is 51.3 Å². The minimum Gasteiger partial charge on any atom is -0.323 e. The van der Waals surface area contributed by atoms with Gasteiger partial charge in [-0.25, -0.2) is 9.97 Å². The molecule has 0 atom stereocenters. The number of para-hydroxylation sites is 1. The number of benzene rings is 1. The highest BCUT2D eigenvalue weighted by molar-refractivity contribution is 7.98. The van der Waals surface area contributed by atoms with Crippen molar-refractivity contribution in [2.75, 3.05) is 0 Å². The number of rotatable bonds is 6. The molecular weight excluding hydrogens is 332 g/mol. The summed E-state index contributed by atoms with van der Waals surface area (Å²) in [6.45, 7) is 9.31. The van der Waals surface area contributed by atoms with Crippen LogP contribution >= 0.6 is 11.8 Å². The molecule has 0 spiro atoms. The standard InChI is InChI=1S/C19H24N4OS/c1-5-6-10-23-14(4)13(3)20-19(23)25-11-16-21-17-12(2)8-7-9-15(17)18(24)22-16/h7-9H,5-6,10-11H2,1-4H3,(H,21,22,24). The van der Waals surface area contributed by atoms with Gasteiger partial charge >= 0.3 is 0 Å². The molecule has 0 amide bonds. The van der Waals surface area contributed by atoms with Gasteiger partial charge < -0.3 is 9.55 Å². The van der Waals surface area contributed by atoms with Gasteiger partial charge in [-0.1, -0.05) is 37.2 Å². The summed E-state index contributed by atoms with van der Waals surface area (Å²) in [5, 5.41) is 1.64. The van der Waals surface area contributed by atoms with Crippen molar-refractivity contribution in [3.63, 3.8) is 0 Å². The van der Waals surface area contributed by atoms with Gasteiger partial charge in [-0.15, -0.1) is 0 Å². The summed E-state index contributed by atoms with van der Waals surface area (Å²) in [5.41, 5.74) is 4.00. The maximum Gasteiger partial charge on any atom is 0.258 e. The fraction of sp³-hybridized carbons (Fsp3) is 0.421. The number of nitrogens with zero attached hydrogens (tertiary/aromatic N) is 3. The molecule has 2 aromatic heterocycles. The first-order valence-electron chi connectivity index (χ1n) is 8.66. The molecule has 0 aliphatic rings. The van der Waals surface area contributed by atoms with Gasteiger partial charge in [0.15, 0.2) is 5.16 Å². The molecule has 0 unspecified atom stereocenters. The topological polar surface area (TPSA) is 63.6 Å². The minimum absolute atomic E-state index is 0.0778. The smallest absolute Gasteiger partial charge is 0.258 e. The predicted octanol–water partition coefficient (Wildman–Crippen LogP) is 4.14. The molecule has 0 radical (unpaired) electrons. The number of nitrogens with one attached hydrogen (secondary N) is 1. The minimum atomic E-state index is -0.0778. The number of unbranched alkanes of at least 4 members (excludes halogenated alkanes) is 1. The van der Waals surface area contributed by atoms with Crippen LogP contribution < -0.4 is 5.56 Å².